The Bertz CT molecular complexity index is 393. The number of hydrogen-bond donors (Lipinski definition) is 0. The molecule has 3 nitrogen and oxygen atoms in total. The topological polar surface area (TPSA) is 35.5 Å². The van der Waals surface area contributed by atoms with Gasteiger partial charge in [0.2, 0.25) is 0 Å². The molecule has 0 radical (unpaired) electrons. The van der Waals surface area contributed by atoms with Gasteiger partial charge in [-0.1, -0.05) is 29.8 Å². The van der Waals surface area contributed by atoms with Gasteiger partial charge in [0.15, 0.2) is 0 Å². The summed E-state index contributed by atoms with van der Waals surface area (Å²) in [5.74, 6) is 0. The minimum absolute atomic E-state index is 0.234. The van der Waals surface area contributed by atoms with Crippen LogP contribution in [0.25, 0.3) is 0 Å². The zero-order valence-electron chi connectivity index (χ0n) is 11.0. The van der Waals surface area contributed by atoms with Gasteiger partial charge >= 0.3 is 7.60 Å². The van der Waals surface area contributed by atoms with Crippen molar-refractivity contribution in [2.24, 2.45) is 0 Å². The van der Waals surface area contributed by atoms with Crippen LogP contribution in [0.1, 0.15) is 37.6 Å². The first-order chi connectivity index (χ1) is 8.03. The van der Waals surface area contributed by atoms with Crippen LogP contribution in [0.2, 0.25) is 0 Å². The van der Waals surface area contributed by atoms with E-state index in [1.54, 1.807) is 0 Å². The van der Waals surface area contributed by atoms with E-state index >= 15 is 0 Å². The maximum absolute atomic E-state index is 12.6. The number of rotatable bonds is 6. The molecule has 0 aliphatic heterocycles. The highest BCUT2D eigenvalue weighted by Crippen LogP contribution is 2.60. The normalized spacial score (nSPS) is 13.6. The van der Waals surface area contributed by atoms with Crippen LogP contribution in [0.15, 0.2) is 24.3 Å². The average molecular weight is 256 g/mol. The van der Waals surface area contributed by atoms with Gasteiger partial charge in [-0.05, 0) is 33.3 Å². The summed E-state index contributed by atoms with van der Waals surface area (Å²) in [6.07, 6.45) is 0. The molecular formula is C13H21O3P. The van der Waals surface area contributed by atoms with Gasteiger partial charge in [0.25, 0.3) is 0 Å². The predicted octanol–water partition coefficient (Wildman–Crippen LogP) is 4.32. The second-order valence-corrected chi connectivity index (χ2v) is 6.34. The zero-order chi connectivity index (χ0) is 12.9. The Kier molecular flexibility index (Phi) is 5.38. The predicted molar refractivity (Wildman–Crippen MR) is 70.5 cm³/mol. The van der Waals surface area contributed by atoms with Crippen LogP contribution in [-0.4, -0.2) is 13.2 Å². The van der Waals surface area contributed by atoms with Crippen LogP contribution >= 0.6 is 7.60 Å². The third kappa shape index (κ3) is 3.67. The number of hydrogen-bond acceptors (Lipinski definition) is 3. The monoisotopic (exact) mass is 256 g/mol. The molecule has 0 bridgehead atoms. The van der Waals surface area contributed by atoms with Crippen molar-refractivity contribution in [2.75, 3.05) is 13.2 Å². The van der Waals surface area contributed by atoms with Crippen LogP contribution < -0.4 is 0 Å². The molecule has 0 aliphatic rings. The van der Waals surface area contributed by atoms with Crippen molar-refractivity contribution in [1.82, 2.24) is 0 Å². The third-order valence-electron chi connectivity index (χ3n) is 2.62. The fraction of sp³-hybridized carbons (Fsp3) is 0.538. The van der Waals surface area contributed by atoms with E-state index in [0.717, 1.165) is 11.1 Å². The SMILES string of the molecule is CCOP(=O)(OCC)C(C)c1cccc(C)c1. The Hall–Kier alpha value is -0.630. The van der Waals surface area contributed by atoms with E-state index in [1.165, 1.54) is 0 Å². The van der Waals surface area contributed by atoms with Crippen LogP contribution in [0.3, 0.4) is 0 Å². The van der Waals surface area contributed by atoms with Gasteiger partial charge in [0, 0.05) is 0 Å². The molecule has 1 aromatic rings. The summed E-state index contributed by atoms with van der Waals surface area (Å²) in [4.78, 5) is 0. The van der Waals surface area contributed by atoms with Crippen LogP contribution in [0.5, 0.6) is 0 Å². The van der Waals surface area contributed by atoms with Crippen LogP contribution in [-0.2, 0) is 13.6 Å². The molecule has 0 spiro atoms. The lowest BCUT2D eigenvalue weighted by Gasteiger charge is -2.23. The van der Waals surface area contributed by atoms with Crippen molar-refractivity contribution >= 4 is 7.60 Å². The fourth-order valence-electron chi connectivity index (χ4n) is 1.73. The van der Waals surface area contributed by atoms with E-state index < -0.39 is 7.60 Å². The van der Waals surface area contributed by atoms with Crippen LogP contribution in [0, 0.1) is 6.92 Å². The van der Waals surface area contributed by atoms with Crippen molar-refractivity contribution < 1.29 is 13.6 Å². The van der Waals surface area contributed by atoms with Gasteiger partial charge < -0.3 is 9.05 Å². The average Bonchev–Trinajstić information content (AvgIpc) is 2.28. The molecule has 0 fully saturated rings. The lowest BCUT2D eigenvalue weighted by atomic mass is 10.1. The second-order valence-electron chi connectivity index (χ2n) is 3.97. The van der Waals surface area contributed by atoms with Gasteiger partial charge in [-0.25, -0.2) is 0 Å². The highest BCUT2D eigenvalue weighted by Gasteiger charge is 2.32. The first kappa shape index (κ1) is 14.4. The Morgan fingerprint density at radius 2 is 1.82 bits per heavy atom. The Morgan fingerprint density at radius 3 is 2.29 bits per heavy atom. The summed E-state index contributed by atoms with van der Waals surface area (Å²) < 4.78 is 23.3. The van der Waals surface area contributed by atoms with E-state index in [0.29, 0.717) is 13.2 Å². The largest absolute Gasteiger partial charge is 0.337 e. The third-order valence-corrected chi connectivity index (χ3v) is 5.10. The smallest absolute Gasteiger partial charge is 0.308 e. The molecule has 96 valence electrons. The van der Waals surface area contributed by atoms with Crippen LogP contribution in [0.4, 0.5) is 0 Å². The van der Waals surface area contributed by atoms with Gasteiger partial charge in [0.05, 0.1) is 18.9 Å². The van der Waals surface area contributed by atoms with E-state index in [9.17, 15) is 4.57 Å². The Balaban J connectivity index is 2.99. The minimum Gasteiger partial charge on any atom is -0.308 e. The quantitative estimate of drug-likeness (QED) is 0.711. The maximum atomic E-state index is 12.6. The Morgan fingerprint density at radius 1 is 1.24 bits per heavy atom. The molecule has 1 rings (SSSR count). The van der Waals surface area contributed by atoms with E-state index in [4.69, 9.17) is 9.05 Å². The summed E-state index contributed by atoms with van der Waals surface area (Å²) in [5.41, 5.74) is 1.91. The molecule has 1 atom stereocenters. The molecule has 0 saturated carbocycles. The molecule has 4 heteroatoms. The van der Waals surface area contributed by atoms with Gasteiger partial charge in [-0.15, -0.1) is 0 Å². The second kappa shape index (κ2) is 6.34. The summed E-state index contributed by atoms with van der Waals surface area (Å²) in [6, 6.07) is 7.96. The summed E-state index contributed by atoms with van der Waals surface area (Å²) in [5, 5.41) is 0. The molecule has 0 N–H and O–H groups in total. The highest BCUT2D eigenvalue weighted by atomic mass is 31.2. The molecule has 0 amide bonds. The molecule has 17 heavy (non-hydrogen) atoms. The van der Waals surface area contributed by atoms with Crippen molar-refractivity contribution in [3.63, 3.8) is 0 Å². The highest BCUT2D eigenvalue weighted by molar-refractivity contribution is 7.54. The fourth-order valence-corrected chi connectivity index (χ4v) is 3.50. The van der Waals surface area contributed by atoms with Gasteiger partial charge in [0.1, 0.15) is 0 Å². The number of aryl methyl sites for hydroxylation is 1. The van der Waals surface area contributed by atoms with Crippen molar-refractivity contribution in [2.45, 2.75) is 33.4 Å². The first-order valence-electron chi connectivity index (χ1n) is 5.98. The lowest BCUT2D eigenvalue weighted by Crippen LogP contribution is -2.04. The standard InChI is InChI=1S/C13H21O3P/c1-5-15-17(14,16-6-2)12(4)13-9-7-8-11(3)10-13/h7-10,12H,5-6H2,1-4H3. The summed E-state index contributed by atoms with van der Waals surface area (Å²) in [6.45, 7) is 8.35. The molecular weight excluding hydrogens is 235 g/mol. The van der Waals surface area contributed by atoms with E-state index in [2.05, 4.69) is 0 Å². The zero-order valence-corrected chi connectivity index (χ0v) is 11.9. The molecule has 0 aliphatic carbocycles. The van der Waals surface area contributed by atoms with Crippen molar-refractivity contribution in [3.05, 3.63) is 35.4 Å². The molecule has 0 aromatic heterocycles. The molecule has 1 aromatic carbocycles. The molecule has 0 saturated heterocycles. The van der Waals surface area contributed by atoms with E-state index in [-0.39, 0.29) is 5.66 Å². The lowest BCUT2D eigenvalue weighted by molar-refractivity contribution is 0.213. The van der Waals surface area contributed by atoms with Gasteiger partial charge in [-0.2, -0.15) is 0 Å². The minimum atomic E-state index is -3.05. The van der Waals surface area contributed by atoms with Gasteiger partial charge in [-0.3, -0.25) is 4.57 Å². The number of benzene rings is 1. The summed E-state index contributed by atoms with van der Waals surface area (Å²) >= 11 is 0. The molecule has 1 unspecified atom stereocenters. The van der Waals surface area contributed by atoms with E-state index in [1.807, 2.05) is 52.0 Å². The molecule has 0 heterocycles. The van der Waals surface area contributed by atoms with Crippen molar-refractivity contribution in [1.29, 1.82) is 0 Å². The first-order valence-corrected chi connectivity index (χ1v) is 7.60. The Labute approximate surface area is 104 Å². The summed E-state index contributed by atoms with van der Waals surface area (Å²) in [7, 11) is -3.05. The maximum Gasteiger partial charge on any atom is 0.337 e. The van der Waals surface area contributed by atoms with Crippen molar-refractivity contribution in [3.8, 4) is 0 Å².